The fourth-order valence-electron chi connectivity index (χ4n) is 2.27. The van der Waals surface area contributed by atoms with Crippen LogP contribution in [-0.4, -0.2) is 28.1 Å². The molecular weight excluding hydrogens is 304 g/mol. The molecule has 0 atom stereocenters. The van der Waals surface area contributed by atoms with Crippen molar-refractivity contribution >= 4 is 39.0 Å². The highest BCUT2D eigenvalue weighted by Crippen LogP contribution is 2.31. The number of nitrogens with zero attached hydrogens (tertiary/aromatic N) is 2. The van der Waals surface area contributed by atoms with Crippen LogP contribution in [0.5, 0.6) is 0 Å². The predicted molar refractivity (Wildman–Crippen MR) is 66.7 cm³/mol. The zero-order valence-electron chi connectivity index (χ0n) is 9.11. The standard InChI is InChI=1S/C11H11BrN2O2S/c12-11-13-8-1-2-14(5-9(8)17-11)10(16)6-3-7(15)4-6/h6H,1-5H2. The summed E-state index contributed by atoms with van der Waals surface area (Å²) < 4.78 is 0.885. The van der Waals surface area contributed by atoms with Gasteiger partial charge in [-0.2, -0.15) is 0 Å². The zero-order chi connectivity index (χ0) is 12.0. The molecule has 17 heavy (non-hydrogen) atoms. The zero-order valence-corrected chi connectivity index (χ0v) is 11.5. The molecule has 3 rings (SSSR count). The van der Waals surface area contributed by atoms with Crippen molar-refractivity contribution in [3.8, 4) is 0 Å². The molecule has 1 aliphatic carbocycles. The number of carbonyl (C=O) groups is 2. The van der Waals surface area contributed by atoms with Gasteiger partial charge in [0.05, 0.1) is 18.2 Å². The van der Waals surface area contributed by atoms with E-state index < -0.39 is 0 Å². The molecule has 0 saturated heterocycles. The number of Topliss-reactive ketones (excluding diaryl/α,β-unsaturated/α-hetero) is 1. The van der Waals surface area contributed by atoms with Crippen LogP contribution in [0.2, 0.25) is 0 Å². The summed E-state index contributed by atoms with van der Waals surface area (Å²) in [5, 5.41) is 0. The smallest absolute Gasteiger partial charge is 0.226 e. The van der Waals surface area contributed by atoms with Gasteiger partial charge in [-0.25, -0.2) is 4.98 Å². The average Bonchev–Trinajstić information content (AvgIpc) is 2.62. The van der Waals surface area contributed by atoms with Crippen molar-refractivity contribution in [3.05, 3.63) is 14.5 Å². The highest BCUT2D eigenvalue weighted by atomic mass is 79.9. The molecule has 4 nitrogen and oxygen atoms in total. The van der Waals surface area contributed by atoms with E-state index in [1.165, 1.54) is 4.88 Å². The number of aromatic nitrogens is 1. The van der Waals surface area contributed by atoms with Crippen LogP contribution in [0.1, 0.15) is 23.4 Å². The number of rotatable bonds is 1. The maximum Gasteiger partial charge on any atom is 0.226 e. The Balaban J connectivity index is 1.71. The van der Waals surface area contributed by atoms with E-state index in [4.69, 9.17) is 0 Å². The van der Waals surface area contributed by atoms with Crippen LogP contribution in [0.4, 0.5) is 0 Å². The van der Waals surface area contributed by atoms with Crippen LogP contribution in [0.25, 0.3) is 0 Å². The number of fused-ring (bicyclic) bond motifs is 1. The molecule has 0 bridgehead atoms. The summed E-state index contributed by atoms with van der Waals surface area (Å²) in [4.78, 5) is 30.4. The number of carbonyl (C=O) groups excluding carboxylic acids is 2. The Hall–Kier alpha value is -0.750. The van der Waals surface area contributed by atoms with Crippen molar-refractivity contribution in [2.24, 2.45) is 5.92 Å². The topological polar surface area (TPSA) is 50.3 Å². The third-order valence-corrected chi connectivity index (χ3v) is 4.85. The summed E-state index contributed by atoms with van der Waals surface area (Å²) in [5.41, 5.74) is 1.11. The second-order valence-corrected chi connectivity index (χ2v) is 6.85. The summed E-state index contributed by atoms with van der Waals surface area (Å²) in [6, 6.07) is 0. The number of ketones is 1. The molecule has 1 aliphatic heterocycles. The third-order valence-electron chi connectivity index (χ3n) is 3.31. The minimum atomic E-state index is -0.0552. The average molecular weight is 315 g/mol. The van der Waals surface area contributed by atoms with E-state index in [2.05, 4.69) is 20.9 Å². The maximum atomic E-state index is 12.1. The fraction of sp³-hybridized carbons (Fsp3) is 0.545. The Labute approximate surface area is 111 Å². The van der Waals surface area contributed by atoms with E-state index in [-0.39, 0.29) is 17.6 Å². The van der Waals surface area contributed by atoms with E-state index in [1.54, 1.807) is 11.3 Å². The van der Waals surface area contributed by atoms with Crippen molar-refractivity contribution in [1.29, 1.82) is 0 Å². The van der Waals surface area contributed by atoms with Gasteiger partial charge in [0.25, 0.3) is 0 Å². The van der Waals surface area contributed by atoms with Gasteiger partial charge in [0.2, 0.25) is 5.91 Å². The van der Waals surface area contributed by atoms with Gasteiger partial charge < -0.3 is 4.90 Å². The number of hydrogen-bond acceptors (Lipinski definition) is 4. The first-order chi connectivity index (χ1) is 8.13. The van der Waals surface area contributed by atoms with Crippen LogP contribution in [0.15, 0.2) is 3.92 Å². The molecule has 0 N–H and O–H groups in total. The predicted octanol–water partition coefficient (Wildman–Crippen LogP) is 1.77. The first kappa shape index (κ1) is 11.3. The van der Waals surface area contributed by atoms with Crippen molar-refractivity contribution < 1.29 is 9.59 Å². The van der Waals surface area contributed by atoms with Crippen LogP contribution < -0.4 is 0 Å². The number of thiazole rings is 1. The molecule has 0 unspecified atom stereocenters. The Morgan fingerprint density at radius 2 is 2.24 bits per heavy atom. The molecule has 0 radical (unpaired) electrons. The number of amides is 1. The molecule has 6 heteroatoms. The lowest BCUT2D eigenvalue weighted by Crippen LogP contribution is -2.44. The van der Waals surface area contributed by atoms with Gasteiger partial charge in [0, 0.05) is 30.7 Å². The van der Waals surface area contributed by atoms with Gasteiger partial charge in [-0.15, -0.1) is 11.3 Å². The van der Waals surface area contributed by atoms with Gasteiger partial charge >= 0.3 is 0 Å². The van der Waals surface area contributed by atoms with Crippen LogP contribution >= 0.6 is 27.3 Å². The second-order valence-electron chi connectivity index (χ2n) is 4.49. The molecule has 1 amide bonds. The van der Waals surface area contributed by atoms with Gasteiger partial charge in [-0.05, 0) is 15.9 Å². The summed E-state index contributed by atoms with van der Waals surface area (Å²) >= 11 is 4.96. The van der Waals surface area contributed by atoms with Gasteiger partial charge in [0.1, 0.15) is 5.78 Å². The number of hydrogen-bond donors (Lipinski definition) is 0. The molecule has 0 spiro atoms. The highest BCUT2D eigenvalue weighted by molar-refractivity contribution is 9.11. The lowest BCUT2D eigenvalue weighted by molar-refractivity contribution is -0.145. The van der Waals surface area contributed by atoms with Crippen molar-refractivity contribution in [2.75, 3.05) is 6.54 Å². The summed E-state index contributed by atoms with van der Waals surface area (Å²) in [5.74, 6) is 0.293. The molecule has 90 valence electrons. The van der Waals surface area contributed by atoms with Crippen molar-refractivity contribution in [3.63, 3.8) is 0 Å². The van der Waals surface area contributed by atoms with Crippen molar-refractivity contribution in [2.45, 2.75) is 25.8 Å². The Kier molecular flexibility index (Phi) is 2.78. The monoisotopic (exact) mass is 314 g/mol. The van der Waals surface area contributed by atoms with E-state index in [9.17, 15) is 9.59 Å². The lowest BCUT2D eigenvalue weighted by Gasteiger charge is -2.32. The SMILES string of the molecule is O=C1CC(C(=O)N2CCc3nc(Br)sc3C2)C1. The fourth-order valence-corrected chi connectivity index (χ4v) is 3.92. The lowest BCUT2D eigenvalue weighted by atomic mass is 9.82. The molecule has 1 saturated carbocycles. The largest absolute Gasteiger partial charge is 0.337 e. The minimum Gasteiger partial charge on any atom is -0.337 e. The third kappa shape index (κ3) is 2.04. The maximum absolute atomic E-state index is 12.1. The molecule has 1 aromatic rings. The summed E-state index contributed by atoms with van der Waals surface area (Å²) in [7, 11) is 0. The first-order valence-electron chi connectivity index (χ1n) is 5.58. The Morgan fingerprint density at radius 1 is 1.47 bits per heavy atom. The van der Waals surface area contributed by atoms with Gasteiger partial charge in [-0.1, -0.05) is 0 Å². The summed E-state index contributed by atoms with van der Waals surface area (Å²) in [6.45, 7) is 1.38. The molecule has 2 aliphatic rings. The van der Waals surface area contributed by atoms with E-state index in [0.29, 0.717) is 19.4 Å². The number of halogens is 1. The summed E-state index contributed by atoms with van der Waals surface area (Å²) in [6.07, 6.45) is 1.70. The first-order valence-corrected chi connectivity index (χ1v) is 7.19. The van der Waals surface area contributed by atoms with Crippen molar-refractivity contribution in [1.82, 2.24) is 9.88 Å². The molecular formula is C11H11BrN2O2S. The molecule has 0 aromatic carbocycles. The molecule has 1 aromatic heterocycles. The van der Waals surface area contributed by atoms with E-state index >= 15 is 0 Å². The quantitative estimate of drug-likeness (QED) is 0.794. The second kappa shape index (κ2) is 4.17. The van der Waals surface area contributed by atoms with Crippen LogP contribution in [0.3, 0.4) is 0 Å². The van der Waals surface area contributed by atoms with E-state index in [0.717, 1.165) is 22.6 Å². The Bertz CT molecular complexity index is 492. The molecule has 1 fully saturated rings. The molecule has 2 heterocycles. The van der Waals surface area contributed by atoms with E-state index in [1.807, 2.05) is 4.90 Å². The Morgan fingerprint density at radius 3 is 2.94 bits per heavy atom. The highest BCUT2D eigenvalue weighted by Gasteiger charge is 2.36. The van der Waals surface area contributed by atoms with Gasteiger partial charge in [0.15, 0.2) is 3.92 Å². The normalized spacial score (nSPS) is 20.1. The minimum absolute atomic E-state index is 0.0552. The van der Waals surface area contributed by atoms with Crippen LogP contribution in [-0.2, 0) is 22.6 Å². The van der Waals surface area contributed by atoms with Crippen LogP contribution in [0, 0.1) is 5.92 Å². The van der Waals surface area contributed by atoms with Gasteiger partial charge in [-0.3, -0.25) is 9.59 Å².